The maximum absolute atomic E-state index is 13.1. The van der Waals surface area contributed by atoms with Crippen molar-refractivity contribution in [2.45, 2.75) is 13.0 Å². The summed E-state index contributed by atoms with van der Waals surface area (Å²) in [5.74, 6) is -0.489. The van der Waals surface area contributed by atoms with Gasteiger partial charge in [0.1, 0.15) is 5.82 Å². The van der Waals surface area contributed by atoms with E-state index in [1.807, 2.05) is 30.3 Å². The van der Waals surface area contributed by atoms with E-state index in [4.69, 9.17) is 0 Å². The van der Waals surface area contributed by atoms with Crippen LogP contribution in [-0.2, 0) is 6.54 Å². The van der Waals surface area contributed by atoms with Gasteiger partial charge in [-0.3, -0.25) is 9.69 Å². The van der Waals surface area contributed by atoms with Crippen LogP contribution in [0.2, 0.25) is 0 Å². The van der Waals surface area contributed by atoms with Gasteiger partial charge in [-0.25, -0.2) is 9.18 Å². The number of benzene rings is 3. The minimum Gasteiger partial charge on any atom is -0.322 e. The van der Waals surface area contributed by atoms with Crippen LogP contribution in [0.3, 0.4) is 0 Å². The molecule has 0 spiro atoms. The summed E-state index contributed by atoms with van der Waals surface area (Å²) in [4.78, 5) is 28.8. The molecular formula is C24H22FN3O2. The Bertz CT molecular complexity index is 1020. The van der Waals surface area contributed by atoms with Crippen LogP contribution in [0.5, 0.6) is 0 Å². The molecule has 1 N–H and O–H groups in total. The molecule has 6 heteroatoms. The van der Waals surface area contributed by atoms with Crippen molar-refractivity contribution in [3.05, 3.63) is 95.8 Å². The number of nitrogens with zero attached hydrogens (tertiary/aromatic N) is 2. The first-order chi connectivity index (χ1) is 14.6. The van der Waals surface area contributed by atoms with Crippen molar-refractivity contribution in [1.29, 1.82) is 0 Å². The molecule has 1 aliphatic heterocycles. The van der Waals surface area contributed by atoms with Crippen molar-refractivity contribution in [2.75, 3.05) is 23.3 Å². The van der Waals surface area contributed by atoms with Gasteiger partial charge in [-0.2, -0.15) is 0 Å². The third kappa shape index (κ3) is 4.49. The van der Waals surface area contributed by atoms with Crippen molar-refractivity contribution in [3.8, 4) is 0 Å². The van der Waals surface area contributed by atoms with Gasteiger partial charge in [-0.15, -0.1) is 0 Å². The Hall–Kier alpha value is -3.67. The van der Waals surface area contributed by atoms with Crippen LogP contribution in [0.25, 0.3) is 0 Å². The average molecular weight is 403 g/mol. The predicted octanol–water partition coefficient (Wildman–Crippen LogP) is 4.91. The van der Waals surface area contributed by atoms with Gasteiger partial charge in [0.15, 0.2) is 0 Å². The van der Waals surface area contributed by atoms with E-state index in [2.05, 4.69) is 5.32 Å². The fourth-order valence-corrected chi connectivity index (χ4v) is 3.50. The Morgan fingerprint density at radius 3 is 2.30 bits per heavy atom. The Kier molecular flexibility index (Phi) is 5.75. The maximum atomic E-state index is 13.1. The third-order valence-electron chi connectivity index (χ3n) is 5.07. The van der Waals surface area contributed by atoms with Gasteiger partial charge in [-0.1, -0.05) is 30.3 Å². The van der Waals surface area contributed by atoms with Crippen LogP contribution in [0.1, 0.15) is 22.3 Å². The standard InChI is InChI=1S/C24H22FN3O2/c25-20-11-7-18(8-12-20)17-27-15-4-16-28(24(27)30)22-13-9-19(10-14-22)23(29)26-21-5-2-1-3-6-21/h1-3,5-14H,4,15-17H2,(H,26,29). The molecule has 0 atom stereocenters. The Balaban J connectivity index is 1.43. The van der Waals surface area contributed by atoms with E-state index in [0.717, 1.165) is 23.4 Å². The molecule has 3 aromatic carbocycles. The van der Waals surface area contributed by atoms with E-state index in [9.17, 15) is 14.0 Å². The number of carbonyl (C=O) groups is 2. The molecule has 0 aromatic heterocycles. The van der Waals surface area contributed by atoms with Crippen molar-refractivity contribution < 1.29 is 14.0 Å². The summed E-state index contributed by atoms with van der Waals surface area (Å²) in [5.41, 5.74) is 2.89. The second-order valence-corrected chi connectivity index (χ2v) is 7.20. The zero-order valence-electron chi connectivity index (χ0n) is 16.4. The number of urea groups is 1. The fourth-order valence-electron chi connectivity index (χ4n) is 3.50. The highest BCUT2D eigenvalue weighted by Crippen LogP contribution is 2.22. The van der Waals surface area contributed by atoms with Crippen molar-refractivity contribution in [3.63, 3.8) is 0 Å². The maximum Gasteiger partial charge on any atom is 0.324 e. The first-order valence-corrected chi connectivity index (χ1v) is 9.87. The molecule has 3 amide bonds. The second kappa shape index (κ2) is 8.78. The van der Waals surface area contributed by atoms with Gasteiger partial charge in [0.2, 0.25) is 0 Å². The third-order valence-corrected chi connectivity index (χ3v) is 5.07. The SMILES string of the molecule is O=C(Nc1ccccc1)c1ccc(N2CCCN(Cc3ccc(F)cc3)C2=O)cc1. The lowest BCUT2D eigenvalue weighted by Crippen LogP contribution is -2.49. The molecule has 30 heavy (non-hydrogen) atoms. The van der Waals surface area contributed by atoms with Crippen LogP contribution >= 0.6 is 0 Å². The molecule has 1 fully saturated rings. The number of nitrogens with one attached hydrogen (secondary N) is 1. The zero-order chi connectivity index (χ0) is 20.9. The van der Waals surface area contributed by atoms with Gasteiger partial charge in [0.25, 0.3) is 5.91 Å². The highest BCUT2D eigenvalue weighted by atomic mass is 19.1. The van der Waals surface area contributed by atoms with Crippen molar-refractivity contribution in [1.82, 2.24) is 4.90 Å². The Morgan fingerprint density at radius 2 is 1.60 bits per heavy atom. The number of anilines is 2. The molecule has 1 saturated heterocycles. The molecule has 152 valence electrons. The molecule has 0 aliphatic carbocycles. The molecule has 0 unspecified atom stereocenters. The van der Waals surface area contributed by atoms with Crippen LogP contribution < -0.4 is 10.2 Å². The van der Waals surface area contributed by atoms with Gasteiger partial charge >= 0.3 is 6.03 Å². The molecule has 1 heterocycles. The molecule has 0 radical (unpaired) electrons. The summed E-state index contributed by atoms with van der Waals surface area (Å²) >= 11 is 0. The largest absolute Gasteiger partial charge is 0.324 e. The Labute approximate surface area is 174 Å². The zero-order valence-corrected chi connectivity index (χ0v) is 16.4. The molecule has 5 nitrogen and oxygen atoms in total. The van der Waals surface area contributed by atoms with Gasteiger partial charge < -0.3 is 10.2 Å². The molecule has 0 saturated carbocycles. The summed E-state index contributed by atoms with van der Waals surface area (Å²) in [5, 5.41) is 2.85. The summed E-state index contributed by atoms with van der Waals surface area (Å²) in [6.45, 7) is 1.71. The van der Waals surface area contributed by atoms with Crippen molar-refractivity contribution >= 4 is 23.3 Å². The van der Waals surface area contributed by atoms with E-state index < -0.39 is 0 Å². The minimum absolute atomic E-state index is 0.0907. The van der Waals surface area contributed by atoms with Crippen LogP contribution in [0, 0.1) is 5.82 Å². The number of para-hydroxylation sites is 1. The van der Waals surface area contributed by atoms with E-state index in [1.54, 1.807) is 46.2 Å². The lowest BCUT2D eigenvalue weighted by atomic mass is 10.1. The van der Waals surface area contributed by atoms with Crippen molar-refractivity contribution in [2.24, 2.45) is 0 Å². The number of amides is 3. The summed E-state index contributed by atoms with van der Waals surface area (Å²) in [7, 11) is 0. The molecule has 4 rings (SSSR count). The quantitative estimate of drug-likeness (QED) is 0.658. The highest BCUT2D eigenvalue weighted by molar-refractivity contribution is 6.04. The average Bonchev–Trinajstić information content (AvgIpc) is 2.77. The number of hydrogen-bond acceptors (Lipinski definition) is 2. The monoisotopic (exact) mass is 403 g/mol. The fraction of sp³-hybridized carbons (Fsp3) is 0.167. The molecule has 3 aromatic rings. The number of hydrogen-bond donors (Lipinski definition) is 1. The Morgan fingerprint density at radius 1 is 0.900 bits per heavy atom. The van der Waals surface area contributed by atoms with Gasteiger partial charge in [0, 0.05) is 36.6 Å². The van der Waals surface area contributed by atoms with E-state index in [0.29, 0.717) is 25.2 Å². The van der Waals surface area contributed by atoms with Crippen LogP contribution in [-0.4, -0.2) is 29.9 Å². The lowest BCUT2D eigenvalue weighted by molar-refractivity contribution is 0.102. The van der Waals surface area contributed by atoms with E-state index >= 15 is 0 Å². The normalized spacial score (nSPS) is 14.0. The van der Waals surface area contributed by atoms with E-state index in [-0.39, 0.29) is 17.8 Å². The van der Waals surface area contributed by atoms with Gasteiger partial charge in [0.05, 0.1) is 0 Å². The van der Waals surface area contributed by atoms with E-state index in [1.165, 1.54) is 12.1 Å². The molecular weight excluding hydrogens is 381 g/mol. The molecule has 0 bridgehead atoms. The topological polar surface area (TPSA) is 52.7 Å². The molecule has 1 aliphatic rings. The van der Waals surface area contributed by atoms with Crippen LogP contribution in [0.15, 0.2) is 78.9 Å². The second-order valence-electron chi connectivity index (χ2n) is 7.20. The first kappa shape index (κ1) is 19.6. The smallest absolute Gasteiger partial charge is 0.322 e. The summed E-state index contributed by atoms with van der Waals surface area (Å²) in [6, 6.07) is 22.4. The minimum atomic E-state index is -0.290. The predicted molar refractivity (Wildman–Crippen MR) is 115 cm³/mol. The summed E-state index contributed by atoms with van der Waals surface area (Å²) in [6.07, 6.45) is 0.836. The highest BCUT2D eigenvalue weighted by Gasteiger charge is 2.26. The summed E-state index contributed by atoms with van der Waals surface area (Å²) < 4.78 is 13.1. The van der Waals surface area contributed by atoms with Gasteiger partial charge in [-0.05, 0) is 60.5 Å². The van der Waals surface area contributed by atoms with Crippen LogP contribution in [0.4, 0.5) is 20.6 Å². The lowest BCUT2D eigenvalue weighted by Gasteiger charge is -2.35. The first-order valence-electron chi connectivity index (χ1n) is 9.87. The number of carbonyl (C=O) groups excluding carboxylic acids is 2. The number of rotatable bonds is 5. The number of halogens is 1.